The SMILES string of the molecule is O=S(=O)(CCCC1CCCO1)c1ccc(F)cc1. The van der Waals surface area contributed by atoms with E-state index >= 15 is 0 Å². The Morgan fingerprint density at radius 3 is 2.61 bits per heavy atom. The summed E-state index contributed by atoms with van der Waals surface area (Å²) in [5.41, 5.74) is 0. The first kappa shape index (κ1) is 13.5. The van der Waals surface area contributed by atoms with Crippen LogP contribution in [0.25, 0.3) is 0 Å². The molecule has 1 atom stereocenters. The maximum atomic E-state index is 12.7. The second-order valence-electron chi connectivity index (χ2n) is 4.55. The highest BCUT2D eigenvalue weighted by Crippen LogP contribution is 2.19. The lowest BCUT2D eigenvalue weighted by molar-refractivity contribution is 0.104. The molecule has 1 heterocycles. The zero-order chi connectivity index (χ0) is 13.0. The first-order valence-corrected chi connectivity index (χ1v) is 7.83. The standard InChI is InChI=1S/C13H17FO3S/c14-11-5-7-13(8-6-11)18(15,16)10-2-4-12-3-1-9-17-12/h5-8,12H,1-4,9-10H2. The van der Waals surface area contributed by atoms with Gasteiger partial charge in [0.25, 0.3) is 0 Å². The van der Waals surface area contributed by atoms with Crippen molar-refractivity contribution in [3.05, 3.63) is 30.1 Å². The lowest BCUT2D eigenvalue weighted by atomic mass is 10.1. The van der Waals surface area contributed by atoms with Gasteiger partial charge in [0.1, 0.15) is 5.82 Å². The first-order valence-electron chi connectivity index (χ1n) is 6.18. The Bertz CT molecular complexity index is 475. The fourth-order valence-corrected chi connectivity index (χ4v) is 3.47. The molecule has 0 bridgehead atoms. The predicted octanol–water partition coefficient (Wildman–Crippen LogP) is 2.56. The quantitative estimate of drug-likeness (QED) is 0.774. The predicted molar refractivity (Wildman–Crippen MR) is 66.7 cm³/mol. The average Bonchev–Trinajstić information content (AvgIpc) is 2.82. The molecule has 1 aromatic carbocycles. The van der Waals surface area contributed by atoms with Crippen molar-refractivity contribution in [1.82, 2.24) is 0 Å². The normalized spacial score (nSPS) is 20.2. The van der Waals surface area contributed by atoms with E-state index < -0.39 is 15.7 Å². The summed E-state index contributed by atoms with van der Waals surface area (Å²) in [6.07, 6.45) is 3.67. The molecular weight excluding hydrogens is 255 g/mol. The molecule has 1 aliphatic rings. The maximum Gasteiger partial charge on any atom is 0.178 e. The molecule has 0 spiro atoms. The van der Waals surface area contributed by atoms with Crippen molar-refractivity contribution >= 4 is 9.84 Å². The van der Waals surface area contributed by atoms with Crippen LogP contribution in [0.1, 0.15) is 25.7 Å². The number of halogens is 1. The zero-order valence-corrected chi connectivity index (χ0v) is 11.0. The summed E-state index contributed by atoms with van der Waals surface area (Å²) in [4.78, 5) is 0.191. The first-order chi connectivity index (χ1) is 8.58. The highest BCUT2D eigenvalue weighted by atomic mass is 32.2. The van der Waals surface area contributed by atoms with Crippen molar-refractivity contribution in [3.8, 4) is 0 Å². The zero-order valence-electron chi connectivity index (χ0n) is 10.1. The molecular formula is C13H17FO3S. The van der Waals surface area contributed by atoms with E-state index in [1.54, 1.807) is 0 Å². The van der Waals surface area contributed by atoms with Crippen molar-refractivity contribution in [2.24, 2.45) is 0 Å². The summed E-state index contributed by atoms with van der Waals surface area (Å²) >= 11 is 0. The Balaban J connectivity index is 1.88. The molecule has 18 heavy (non-hydrogen) atoms. The number of benzene rings is 1. The van der Waals surface area contributed by atoms with Crippen molar-refractivity contribution in [2.45, 2.75) is 36.7 Å². The van der Waals surface area contributed by atoms with Gasteiger partial charge in [0.2, 0.25) is 0 Å². The van der Waals surface area contributed by atoms with E-state index in [1.165, 1.54) is 24.3 Å². The van der Waals surface area contributed by atoms with Crippen LogP contribution in [0.2, 0.25) is 0 Å². The third-order valence-corrected chi connectivity index (χ3v) is 4.95. The Kier molecular flexibility index (Phi) is 4.35. The van der Waals surface area contributed by atoms with Crippen LogP contribution in [0.3, 0.4) is 0 Å². The van der Waals surface area contributed by atoms with E-state index in [1.807, 2.05) is 0 Å². The van der Waals surface area contributed by atoms with E-state index in [-0.39, 0.29) is 16.8 Å². The molecule has 0 N–H and O–H groups in total. The highest BCUT2D eigenvalue weighted by molar-refractivity contribution is 7.91. The highest BCUT2D eigenvalue weighted by Gasteiger charge is 2.18. The van der Waals surface area contributed by atoms with Crippen LogP contribution in [0.15, 0.2) is 29.2 Å². The monoisotopic (exact) mass is 272 g/mol. The van der Waals surface area contributed by atoms with Crippen LogP contribution < -0.4 is 0 Å². The van der Waals surface area contributed by atoms with Crippen LogP contribution in [-0.4, -0.2) is 26.9 Å². The lowest BCUT2D eigenvalue weighted by Gasteiger charge is -2.09. The van der Waals surface area contributed by atoms with E-state index in [0.29, 0.717) is 6.42 Å². The number of rotatable bonds is 5. The minimum absolute atomic E-state index is 0.0957. The number of hydrogen-bond donors (Lipinski definition) is 0. The second kappa shape index (κ2) is 5.80. The van der Waals surface area contributed by atoms with Crippen molar-refractivity contribution in [1.29, 1.82) is 0 Å². The molecule has 100 valence electrons. The summed E-state index contributed by atoms with van der Waals surface area (Å²) in [6, 6.07) is 4.98. The van der Waals surface area contributed by atoms with E-state index in [9.17, 15) is 12.8 Å². The average molecular weight is 272 g/mol. The molecule has 1 unspecified atom stereocenters. The third-order valence-electron chi connectivity index (χ3n) is 3.14. The number of hydrogen-bond acceptors (Lipinski definition) is 3. The van der Waals surface area contributed by atoms with E-state index in [4.69, 9.17) is 4.74 Å². The van der Waals surface area contributed by atoms with Gasteiger partial charge in [0, 0.05) is 6.61 Å². The van der Waals surface area contributed by atoms with Gasteiger partial charge in [-0.2, -0.15) is 0 Å². The molecule has 0 aromatic heterocycles. The molecule has 2 rings (SSSR count). The van der Waals surface area contributed by atoms with Gasteiger partial charge in [-0.15, -0.1) is 0 Å². The molecule has 3 nitrogen and oxygen atoms in total. The van der Waals surface area contributed by atoms with Gasteiger partial charge in [0.15, 0.2) is 9.84 Å². The van der Waals surface area contributed by atoms with Crippen LogP contribution in [0.4, 0.5) is 4.39 Å². The third kappa shape index (κ3) is 3.53. The van der Waals surface area contributed by atoms with E-state index in [0.717, 1.165) is 25.9 Å². The molecule has 1 aliphatic heterocycles. The smallest absolute Gasteiger partial charge is 0.178 e. The van der Waals surface area contributed by atoms with Crippen molar-refractivity contribution in [3.63, 3.8) is 0 Å². The number of sulfone groups is 1. The Labute approximate surface area is 107 Å². The summed E-state index contributed by atoms with van der Waals surface area (Å²) in [5, 5.41) is 0. The molecule has 0 amide bonds. The van der Waals surface area contributed by atoms with Gasteiger partial charge in [-0.1, -0.05) is 0 Å². The topological polar surface area (TPSA) is 43.4 Å². The molecule has 0 aliphatic carbocycles. The maximum absolute atomic E-state index is 12.7. The molecule has 0 saturated carbocycles. The minimum atomic E-state index is -3.29. The van der Waals surface area contributed by atoms with Crippen LogP contribution in [0, 0.1) is 5.82 Å². The summed E-state index contributed by atoms with van der Waals surface area (Å²) in [7, 11) is -3.29. The molecule has 5 heteroatoms. The van der Waals surface area contributed by atoms with Gasteiger partial charge >= 0.3 is 0 Å². The molecule has 0 radical (unpaired) electrons. The van der Waals surface area contributed by atoms with Gasteiger partial charge in [0.05, 0.1) is 16.8 Å². The van der Waals surface area contributed by atoms with Gasteiger partial charge in [-0.3, -0.25) is 0 Å². The summed E-state index contributed by atoms with van der Waals surface area (Å²) in [5.74, 6) is -0.327. The molecule has 1 aromatic rings. The van der Waals surface area contributed by atoms with Crippen LogP contribution in [-0.2, 0) is 14.6 Å². The summed E-state index contributed by atoms with van der Waals surface area (Å²) < 4.78 is 42.1. The van der Waals surface area contributed by atoms with Crippen molar-refractivity contribution < 1.29 is 17.5 Å². The lowest BCUT2D eigenvalue weighted by Crippen LogP contribution is -2.11. The van der Waals surface area contributed by atoms with Crippen LogP contribution >= 0.6 is 0 Å². The molecule has 1 saturated heterocycles. The van der Waals surface area contributed by atoms with Gasteiger partial charge in [-0.25, -0.2) is 12.8 Å². The van der Waals surface area contributed by atoms with Gasteiger partial charge < -0.3 is 4.74 Å². The Hall–Kier alpha value is -0.940. The van der Waals surface area contributed by atoms with Crippen molar-refractivity contribution in [2.75, 3.05) is 12.4 Å². The molecule has 1 fully saturated rings. The minimum Gasteiger partial charge on any atom is -0.378 e. The number of ether oxygens (including phenoxy) is 1. The Morgan fingerprint density at radius 2 is 2.00 bits per heavy atom. The fraction of sp³-hybridized carbons (Fsp3) is 0.538. The van der Waals surface area contributed by atoms with E-state index in [2.05, 4.69) is 0 Å². The fourth-order valence-electron chi connectivity index (χ4n) is 2.13. The van der Waals surface area contributed by atoms with Crippen LogP contribution in [0.5, 0.6) is 0 Å². The largest absolute Gasteiger partial charge is 0.378 e. The Morgan fingerprint density at radius 1 is 1.28 bits per heavy atom. The van der Waals surface area contributed by atoms with Gasteiger partial charge in [-0.05, 0) is 49.9 Å². The summed E-state index contributed by atoms with van der Waals surface area (Å²) in [6.45, 7) is 0.787. The second-order valence-corrected chi connectivity index (χ2v) is 6.66.